The van der Waals surface area contributed by atoms with Crippen LogP contribution in [0.4, 0.5) is 13.2 Å². The van der Waals surface area contributed by atoms with Crippen molar-refractivity contribution in [1.29, 1.82) is 0 Å². The third-order valence-electron chi connectivity index (χ3n) is 2.10. The van der Waals surface area contributed by atoms with E-state index in [1.165, 1.54) is 6.07 Å². The second kappa shape index (κ2) is 4.50. The molecule has 2 aromatic heterocycles. The average Bonchev–Trinajstić information content (AvgIpc) is 2.74. The smallest absolute Gasteiger partial charge is 0.434 e. The zero-order chi connectivity index (χ0) is 14.2. The lowest BCUT2D eigenvalue weighted by atomic mass is 10.2. The van der Waals surface area contributed by atoms with Crippen LogP contribution in [0.5, 0.6) is 0 Å². The summed E-state index contributed by atoms with van der Waals surface area (Å²) in [4.78, 5) is 10.8. The molecule has 2 aromatic rings. The Hall–Kier alpha value is -2.16. The molecule has 0 aliphatic carbocycles. The van der Waals surface area contributed by atoms with Crippen molar-refractivity contribution in [3.8, 4) is 5.82 Å². The summed E-state index contributed by atoms with van der Waals surface area (Å²) < 4.78 is 39.0. The van der Waals surface area contributed by atoms with Crippen LogP contribution in [0.1, 0.15) is 16.1 Å². The highest BCUT2D eigenvalue weighted by Crippen LogP contribution is 2.33. The predicted octanol–water partition coefficient (Wildman–Crippen LogP) is 2.03. The van der Waals surface area contributed by atoms with E-state index in [9.17, 15) is 18.0 Å². The van der Waals surface area contributed by atoms with E-state index < -0.39 is 23.4 Å². The Labute approximate surface area is 108 Å². The number of aromatic nitrogens is 4. The largest absolute Gasteiger partial charge is 0.478 e. The van der Waals surface area contributed by atoms with Gasteiger partial charge in [0.2, 0.25) is 0 Å². The first-order valence-corrected chi connectivity index (χ1v) is 5.06. The summed E-state index contributed by atoms with van der Waals surface area (Å²) in [7, 11) is 0. The number of carboxylic acid groups (broad SMARTS) is 1. The van der Waals surface area contributed by atoms with Gasteiger partial charge in [-0.25, -0.2) is 9.48 Å². The molecule has 6 nitrogen and oxygen atoms in total. The zero-order valence-electron chi connectivity index (χ0n) is 8.89. The summed E-state index contributed by atoms with van der Waals surface area (Å²) in [5, 5.41) is 18.9. The van der Waals surface area contributed by atoms with Crippen LogP contribution >= 0.6 is 11.6 Å². The summed E-state index contributed by atoms with van der Waals surface area (Å²) in [6.45, 7) is 0. The monoisotopic (exact) mass is 292 g/mol. The van der Waals surface area contributed by atoms with Crippen molar-refractivity contribution < 1.29 is 23.1 Å². The third-order valence-corrected chi connectivity index (χ3v) is 2.30. The number of aromatic carboxylic acids is 1. The molecule has 0 bridgehead atoms. The Morgan fingerprint density at radius 3 is 2.47 bits per heavy atom. The van der Waals surface area contributed by atoms with Crippen molar-refractivity contribution >= 4 is 17.6 Å². The lowest BCUT2D eigenvalue weighted by Gasteiger charge is -2.10. The highest BCUT2D eigenvalue weighted by molar-refractivity contribution is 6.29. The van der Waals surface area contributed by atoms with Crippen LogP contribution in [-0.4, -0.2) is 31.1 Å². The van der Waals surface area contributed by atoms with E-state index in [0.717, 1.165) is 6.07 Å². The highest BCUT2D eigenvalue weighted by atomic mass is 35.5. The molecule has 0 spiro atoms. The van der Waals surface area contributed by atoms with Crippen LogP contribution in [0.25, 0.3) is 5.82 Å². The molecule has 10 heteroatoms. The van der Waals surface area contributed by atoms with E-state index in [-0.39, 0.29) is 11.0 Å². The van der Waals surface area contributed by atoms with Gasteiger partial charge in [-0.3, -0.25) is 0 Å². The second-order valence-corrected chi connectivity index (χ2v) is 3.72. The first-order chi connectivity index (χ1) is 8.80. The average molecular weight is 293 g/mol. The van der Waals surface area contributed by atoms with Crippen LogP contribution in [0, 0.1) is 0 Å². The molecule has 0 saturated carbocycles. The molecule has 0 fully saturated rings. The van der Waals surface area contributed by atoms with E-state index in [4.69, 9.17) is 16.7 Å². The number of nitrogens with zero attached hydrogens (tertiary/aromatic N) is 4. The van der Waals surface area contributed by atoms with Crippen LogP contribution in [0.15, 0.2) is 18.3 Å². The Morgan fingerprint density at radius 1 is 1.32 bits per heavy atom. The van der Waals surface area contributed by atoms with E-state index >= 15 is 0 Å². The number of carbonyl (C=O) groups is 1. The molecular weight excluding hydrogens is 289 g/mol. The summed E-state index contributed by atoms with van der Waals surface area (Å²) in [5.41, 5.74) is -2.40. The van der Waals surface area contributed by atoms with Gasteiger partial charge in [-0.1, -0.05) is 11.6 Å². The molecule has 0 aromatic carbocycles. The molecule has 2 heterocycles. The lowest BCUT2D eigenvalue weighted by molar-refractivity contribution is -0.143. The SMILES string of the molecule is O=C(O)c1cnn(-c2ccc(Cl)nn2)c1C(F)(F)F. The quantitative estimate of drug-likeness (QED) is 0.916. The van der Waals surface area contributed by atoms with Crippen molar-refractivity contribution in [2.24, 2.45) is 0 Å². The number of hydrogen-bond donors (Lipinski definition) is 1. The lowest BCUT2D eigenvalue weighted by Crippen LogP contribution is -2.18. The van der Waals surface area contributed by atoms with Gasteiger partial charge in [-0.05, 0) is 12.1 Å². The van der Waals surface area contributed by atoms with E-state index in [2.05, 4.69) is 15.3 Å². The fourth-order valence-electron chi connectivity index (χ4n) is 1.37. The Balaban J connectivity index is 2.64. The van der Waals surface area contributed by atoms with Gasteiger partial charge >= 0.3 is 12.1 Å². The predicted molar refractivity (Wildman–Crippen MR) is 56.1 cm³/mol. The van der Waals surface area contributed by atoms with Crippen LogP contribution in [0.2, 0.25) is 5.15 Å². The fraction of sp³-hybridized carbons (Fsp3) is 0.111. The number of rotatable bonds is 2. The fourth-order valence-corrected chi connectivity index (χ4v) is 1.47. The van der Waals surface area contributed by atoms with Gasteiger partial charge in [0.05, 0.1) is 6.20 Å². The molecule has 0 radical (unpaired) electrons. The Morgan fingerprint density at radius 2 is 2.00 bits per heavy atom. The van der Waals surface area contributed by atoms with Gasteiger partial charge in [-0.2, -0.15) is 18.3 Å². The molecule has 0 amide bonds. The molecule has 0 aliphatic rings. The van der Waals surface area contributed by atoms with Crippen molar-refractivity contribution in [1.82, 2.24) is 20.0 Å². The Bertz CT molecular complexity index is 623. The van der Waals surface area contributed by atoms with Crippen LogP contribution < -0.4 is 0 Å². The van der Waals surface area contributed by atoms with Crippen molar-refractivity contribution in [2.45, 2.75) is 6.18 Å². The van der Waals surface area contributed by atoms with Crippen LogP contribution in [-0.2, 0) is 6.18 Å². The first-order valence-electron chi connectivity index (χ1n) is 4.69. The molecule has 0 aliphatic heterocycles. The molecule has 100 valence electrons. The topological polar surface area (TPSA) is 80.9 Å². The minimum atomic E-state index is -4.90. The maximum atomic E-state index is 12.9. The molecule has 19 heavy (non-hydrogen) atoms. The van der Waals surface area contributed by atoms with Gasteiger partial charge in [0.25, 0.3) is 0 Å². The molecule has 0 saturated heterocycles. The van der Waals surface area contributed by atoms with E-state index in [1.807, 2.05) is 0 Å². The second-order valence-electron chi connectivity index (χ2n) is 3.34. The number of carboxylic acids is 1. The molecule has 0 atom stereocenters. The van der Waals surface area contributed by atoms with Crippen molar-refractivity contribution in [3.63, 3.8) is 0 Å². The van der Waals surface area contributed by atoms with Crippen molar-refractivity contribution in [3.05, 3.63) is 34.7 Å². The third kappa shape index (κ3) is 2.50. The summed E-state index contributed by atoms with van der Waals surface area (Å²) in [6, 6.07) is 2.36. The Kier molecular flexibility index (Phi) is 3.14. The normalized spacial score (nSPS) is 11.6. The van der Waals surface area contributed by atoms with E-state index in [0.29, 0.717) is 10.9 Å². The van der Waals surface area contributed by atoms with Crippen LogP contribution in [0.3, 0.4) is 0 Å². The number of halogens is 4. The van der Waals surface area contributed by atoms with Crippen molar-refractivity contribution in [2.75, 3.05) is 0 Å². The summed E-state index contributed by atoms with van der Waals surface area (Å²) in [6.07, 6.45) is -4.30. The van der Waals surface area contributed by atoms with E-state index in [1.54, 1.807) is 0 Å². The summed E-state index contributed by atoms with van der Waals surface area (Å²) >= 11 is 5.46. The highest BCUT2D eigenvalue weighted by Gasteiger charge is 2.41. The van der Waals surface area contributed by atoms with Gasteiger partial charge in [0.1, 0.15) is 5.56 Å². The van der Waals surface area contributed by atoms with Gasteiger partial charge in [0.15, 0.2) is 16.7 Å². The molecule has 0 unspecified atom stereocenters. The maximum absolute atomic E-state index is 12.9. The minimum absolute atomic E-state index is 0.0112. The number of hydrogen-bond acceptors (Lipinski definition) is 4. The molecular formula is C9H4ClF3N4O2. The minimum Gasteiger partial charge on any atom is -0.478 e. The summed E-state index contributed by atoms with van der Waals surface area (Å²) in [5.74, 6) is -2.02. The van der Waals surface area contributed by atoms with Gasteiger partial charge in [0, 0.05) is 0 Å². The standard InChI is InChI=1S/C9H4ClF3N4O2/c10-5-1-2-6(16-15-5)17-7(9(11,12)13)4(3-14-17)8(18)19/h1-3H,(H,18,19). The molecule has 1 N–H and O–H groups in total. The van der Waals surface area contributed by atoms with Gasteiger partial charge < -0.3 is 5.11 Å². The molecule has 2 rings (SSSR count). The van der Waals surface area contributed by atoms with Gasteiger partial charge in [-0.15, -0.1) is 10.2 Å². The number of alkyl halides is 3. The first kappa shape index (κ1) is 13.3. The maximum Gasteiger partial charge on any atom is 0.434 e. The zero-order valence-corrected chi connectivity index (χ0v) is 9.64.